The highest BCUT2D eigenvalue weighted by Crippen LogP contribution is 2.38. The predicted octanol–water partition coefficient (Wildman–Crippen LogP) is 3.69. The quantitative estimate of drug-likeness (QED) is 0.805. The zero-order valence-corrected chi connectivity index (χ0v) is 11.7. The van der Waals surface area contributed by atoms with Crippen LogP contribution in [0.3, 0.4) is 0 Å². The summed E-state index contributed by atoms with van der Waals surface area (Å²) in [5, 5.41) is 4.71. The third kappa shape index (κ3) is 3.16. The molecule has 1 saturated heterocycles. The first-order valence-electron chi connectivity index (χ1n) is 7.16. The summed E-state index contributed by atoms with van der Waals surface area (Å²) in [4.78, 5) is 0. The van der Waals surface area contributed by atoms with Crippen LogP contribution in [0.4, 0.5) is 0 Å². The van der Waals surface area contributed by atoms with Crippen molar-refractivity contribution in [1.29, 1.82) is 0 Å². The second kappa shape index (κ2) is 6.30. The largest absolute Gasteiger partial charge is 0.313 e. The highest BCUT2D eigenvalue weighted by atomic mass is 32.2. The second-order valence-corrected chi connectivity index (χ2v) is 7.01. The van der Waals surface area contributed by atoms with Gasteiger partial charge in [0.15, 0.2) is 0 Å². The molecule has 0 aromatic rings. The first-order valence-corrected chi connectivity index (χ1v) is 8.21. The normalized spacial score (nSPS) is 37.5. The predicted molar refractivity (Wildman–Crippen MR) is 74.1 cm³/mol. The molecule has 0 aromatic heterocycles. The van der Waals surface area contributed by atoms with Gasteiger partial charge < -0.3 is 5.32 Å². The molecule has 1 N–H and O–H groups in total. The highest BCUT2D eigenvalue weighted by Gasteiger charge is 2.33. The fraction of sp³-hybridized carbons (Fsp3) is 1.00. The monoisotopic (exact) mass is 241 g/mol. The van der Waals surface area contributed by atoms with Crippen molar-refractivity contribution >= 4 is 11.8 Å². The third-order valence-electron chi connectivity index (χ3n) is 4.29. The molecule has 2 heteroatoms. The smallest absolute Gasteiger partial charge is 0.0214 e. The summed E-state index contributed by atoms with van der Waals surface area (Å²) in [6.45, 7) is 5.85. The molecular formula is C14H27NS. The Morgan fingerprint density at radius 2 is 2.12 bits per heavy atom. The summed E-state index contributed by atoms with van der Waals surface area (Å²) >= 11 is 2.22. The lowest BCUT2D eigenvalue weighted by Gasteiger charge is -2.36. The molecule has 1 heterocycles. The fourth-order valence-electron chi connectivity index (χ4n) is 3.53. The van der Waals surface area contributed by atoms with Gasteiger partial charge in [-0.25, -0.2) is 0 Å². The lowest BCUT2D eigenvalue weighted by Crippen LogP contribution is -2.44. The van der Waals surface area contributed by atoms with E-state index in [1.807, 2.05) is 0 Å². The number of nitrogens with one attached hydrogen (secondary N) is 1. The Kier molecular flexibility index (Phi) is 5.02. The van der Waals surface area contributed by atoms with Crippen molar-refractivity contribution in [1.82, 2.24) is 5.32 Å². The molecular weight excluding hydrogens is 214 g/mol. The van der Waals surface area contributed by atoms with Crippen LogP contribution in [-0.2, 0) is 0 Å². The van der Waals surface area contributed by atoms with E-state index in [1.54, 1.807) is 0 Å². The van der Waals surface area contributed by atoms with Crippen LogP contribution < -0.4 is 5.32 Å². The second-order valence-electron chi connectivity index (χ2n) is 5.67. The lowest BCUT2D eigenvalue weighted by atomic mass is 9.77. The average molecular weight is 241 g/mol. The minimum atomic E-state index is 0.806. The molecule has 16 heavy (non-hydrogen) atoms. The highest BCUT2D eigenvalue weighted by molar-refractivity contribution is 8.00. The number of thioether (sulfide) groups is 1. The van der Waals surface area contributed by atoms with E-state index in [2.05, 4.69) is 30.9 Å². The standard InChI is InChI=1S/C14H27NS/c1-3-15-14(13-8-5-9-16-13)12-7-4-6-11(2)10-12/h11-15H,3-10H2,1-2H3. The van der Waals surface area contributed by atoms with E-state index in [1.165, 1.54) is 44.3 Å². The van der Waals surface area contributed by atoms with Crippen LogP contribution in [0, 0.1) is 11.8 Å². The minimum Gasteiger partial charge on any atom is -0.313 e. The van der Waals surface area contributed by atoms with Crippen molar-refractivity contribution in [2.75, 3.05) is 12.3 Å². The maximum absolute atomic E-state index is 3.79. The van der Waals surface area contributed by atoms with Crippen LogP contribution in [-0.4, -0.2) is 23.6 Å². The molecule has 1 aliphatic carbocycles. The molecule has 4 unspecified atom stereocenters. The van der Waals surface area contributed by atoms with Crippen LogP contribution in [0.5, 0.6) is 0 Å². The minimum absolute atomic E-state index is 0.806. The maximum atomic E-state index is 3.79. The van der Waals surface area contributed by atoms with E-state index in [0.717, 1.165) is 29.7 Å². The van der Waals surface area contributed by atoms with Crippen LogP contribution in [0.1, 0.15) is 52.4 Å². The van der Waals surface area contributed by atoms with Gasteiger partial charge in [0.25, 0.3) is 0 Å². The summed E-state index contributed by atoms with van der Waals surface area (Å²) in [6.07, 6.45) is 8.76. The molecule has 2 aliphatic rings. The van der Waals surface area contributed by atoms with Gasteiger partial charge in [-0.15, -0.1) is 0 Å². The molecule has 0 bridgehead atoms. The van der Waals surface area contributed by atoms with Crippen molar-refractivity contribution in [2.24, 2.45) is 11.8 Å². The summed E-state index contributed by atoms with van der Waals surface area (Å²) in [5.41, 5.74) is 0. The summed E-state index contributed by atoms with van der Waals surface area (Å²) < 4.78 is 0. The molecule has 0 amide bonds. The fourth-order valence-corrected chi connectivity index (χ4v) is 5.03. The number of hydrogen-bond acceptors (Lipinski definition) is 2. The zero-order chi connectivity index (χ0) is 11.4. The Bertz CT molecular complexity index is 201. The van der Waals surface area contributed by atoms with Gasteiger partial charge in [-0.3, -0.25) is 0 Å². The Labute approximate surface area is 105 Å². The van der Waals surface area contributed by atoms with Gasteiger partial charge in [-0.1, -0.05) is 26.7 Å². The Hall–Kier alpha value is 0.310. The van der Waals surface area contributed by atoms with E-state index in [-0.39, 0.29) is 0 Å². The van der Waals surface area contributed by atoms with Gasteiger partial charge >= 0.3 is 0 Å². The number of hydrogen-bond donors (Lipinski definition) is 1. The van der Waals surface area contributed by atoms with Crippen LogP contribution >= 0.6 is 11.8 Å². The van der Waals surface area contributed by atoms with Crippen LogP contribution in [0.25, 0.3) is 0 Å². The molecule has 0 radical (unpaired) electrons. The Morgan fingerprint density at radius 1 is 1.25 bits per heavy atom. The van der Waals surface area contributed by atoms with E-state index in [0.29, 0.717) is 0 Å². The molecule has 2 fully saturated rings. The van der Waals surface area contributed by atoms with E-state index < -0.39 is 0 Å². The molecule has 0 aromatic carbocycles. The lowest BCUT2D eigenvalue weighted by molar-refractivity contribution is 0.219. The van der Waals surface area contributed by atoms with Crippen molar-refractivity contribution < 1.29 is 0 Å². The van der Waals surface area contributed by atoms with E-state index >= 15 is 0 Å². The van der Waals surface area contributed by atoms with Gasteiger partial charge in [-0.2, -0.15) is 11.8 Å². The Balaban J connectivity index is 1.93. The molecule has 1 nitrogen and oxygen atoms in total. The zero-order valence-electron chi connectivity index (χ0n) is 10.9. The van der Waals surface area contributed by atoms with Crippen molar-refractivity contribution in [3.63, 3.8) is 0 Å². The van der Waals surface area contributed by atoms with Crippen molar-refractivity contribution in [2.45, 2.75) is 63.7 Å². The van der Waals surface area contributed by atoms with Gasteiger partial charge in [0.2, 0.25) is 0 Å². The molecule has 4 atom stereocenters. The van der Waals surface area contributed by atoms with Crippen molar-refractivity contribution in [3.05, 3.63) is 0 Å². The first-order chi connectivity index (χ1) is 7.81. The van der Waals surface area contributed by atoms with Crippen LogP contribution in [0.15, 0.2) is 0 Å². The topological polar surface area (TPSA) is 12.0 Å². The molecule has 2 rings (SSSR count). The average Bonchev–Trinajstić information content (AvgIpc) is 2.79. The van der Waals surface area contributed by atoms with Crippen LogP contribution in [0.2, 0.25) is 0 Å². The molecule has 1 saturated carbocycles. The molecule has 1 aliphatic heterocycles. The van der Waals surface area contributed by atoms with Gasteiger partial charge in [0.1, 0.15) is 0 Å². The van der Waals surface area contributed by atoms with Gasteiger partial charge in [0.05, 0.1) is 0 Å². The number of rotatable bonds is 4. The van der Waals surface area contributed by atoms with E-state index in [9.17, 15) is 0 Å². The molecule has 0 spiro atoms. The van der Waals surface area contributed by atoms with Crippen molar-refractivity contribution in [3.8, 4) is 0 Å². The van der Waals surface area contributed by atoms with Gasteiger partial charge in [0, 0.05) is 11.3 Å². The van der Waals surface area contributed by atoms with Gasteiger partial charge in [-0.05, 0) is 49.8 Å². The summed E-state index contributed by atoms with van der Waals surface area (Å²) in [6, 6.07) is 0.806. The maximum Gasteiger partial charge on any atom is 0.0214 e. The summed E-state index contributed by atoms with van der Waals surface area (Å²) in [7, 11) is 0. The Morgan fingerprint density at radius 3 is 2.75 bits per heavy atom. The summed E-state index contributed by atoms with van der Waals surface area (Å²) in [5.74, 6) is 3.32. The SMILES string of the molecule is CCNC(C1CCCC(C)C1)C1CCCS1. The third-order valence-corrected chi connectivity index (χ3v) is 5.77. The molecule has 94 valence electrons. The first kappa shape index (κ1) is 12.8. The van der Waals surface area contributed by atoms with E-state index in [4.69, 9.17) is 0 Å².